The van der Waals surface area contributed by atoms with Crippen LogP contribution in [0.1, 0.15) is 5.56 Å². The lowest BCUT2D eigenvalue weighted by Gasteiger charge is -2.08. The van der Waals surface area contributed by atoms with Gasteiger partial charge in [0.1, 0.15) is 11.5 Å². The van der Waals surface area contributed by atoms with E-state index < -0.39 is 40.3 Å². The van der Waals surface area contributed by atoms with Gasteiger partial charge in [-0.2, -0.15) is 13.2 Å². The van der Waals surface area contributed by atoms with Gasteiger partial charge in [0, 0.05) is 11.6 Å². The van der Waals surface area contributed by atoms with Crippen molar-refractivity contribution in [3.63, 3.8) is 0 Å². The van der Waals surface area contributed by atoms with Gasteiger partial charge in [0.05, 0.1) is 11.3 Å². The maximum absolute atomic E-state index is 12.8. The maximum atomic E-state index is 12.8. The Hall–Kier alpha value is -1.86. The van der Waals surface area contributed by atoms with Crippen LogP contribution in [0.15, 0.2) is 12.1 Å². The Bertz CT molecular complexity index is 431. The number of hydrogen-bond acceptors (Lipinski definition) is 3. The average Bonchev–Trinajstić information content (AvgIpc) is 1.96. The molecule has 0 saturated carbocycles. The highest BCUT2D eigenvalue weighted by Gasteiger charge is 2.33. The summed E-state index contributed by atoms with van der Waals surface area (Å²) in [6, 6.07) is 1.07. The molecule has 0 saturated heterocycles. The van der Waals surface area contributed by atoms with Crippen LogP contribution in [0.3, 0.4) is 0 Å². The number of hydrogen-bond donors (Lipinski definition) is 1. The third-order valence-electron chi connectivity index (χ3n) is 1.76. The Balaban J connectivity index is 3.30. The molecule has 16 heavy (non-hydrogen) atoms. The van der Waals surface area contributed by atoms with Gasteiger partial charge in [-0.05, 0) is 6.07 Å². The van der Waals surface area contributed by atoms with Crippen molar-refractivity contribution in [2.45, 2.75) is 12.6 Å². The molecule has 1 rings (SSSR count). The Morgan fingerprint density at radius 2 is 1.94 bits per heavy atom. The van der Waals surface area contributed by atoms with Crippen LogP contribution in [0.25, 0.3) is 0 Å². The highest BCUT2D eigenvalue weighted by molar-refractivity contribution is 5.62. The summed E-state index contributed by atoms with van der Waals surface area (Å²) in [6.45, 7) is 0. The van der Waals surface area contributed by atoms with Gasteiger partial charge in [-0.3, -0.25) is 10.1 Å². The van der Waals surface area contributed by atoms with Gasteiger partial charge in [0.25, 0.3) is 5.69 Å². The number of nitrogen functional groups attached to an aromatic ring is 1. The largest absolute Gasteiger partial charge is 0.393 e. The van der Waals surface area contributed by atoms with E-state index in [1.54, 1.807) is 0 Å². The van der Waals surface area contributed by atoms with Crippen LogP contribution >= 0.6 is 0 Å². The summed E-state index contributed by atoms with van der Waals surface area (Å²) in [5.41, 5.74) is 2.79. The summed E-state index contributed by atoms with van der Waals surface area (Å²) < 4.78 is 49.0. The standard InChI is InChI=1S/C8H6F4N2O2/c9-5-1-4(3-8(10,11)12)7(14(15)16)6(13)2-5/h1-2H,3,13H2. The first-order valence-corrected chi connectivity index (χ1v) is 4.00. The molecular weight excluding hydrogens is 232 g/mol. The molecule has 0 bridgehead atoms. The first-order valence-electron chi connectivity index (χ1n) is 4.00. The number of nitro benzene ring substituents is 1. The van der Waals surface area contributed by atoms with Crippen LogP contribution in [0.4, 0.5) is 28.9 Å². The molecule has 0 spiro atoms. The molecular formula is C8H6F4N2O2. The van der Waals surface area contributed by atoms with Crippen LogP contribution in [0.5, 0.6) is 0 Å². The molecule has 0 atom stereocenters. The second kappa shape index (κ2) is 3.95. The number of halogens is 4. The Morgan fingerprint density at radius 1 is 1.38 bits per heavy atom. The van der Waals surface area contributed by atoms with Gasteiger partial charge in [-0.15, -0.1) is 0 Å². The molecule has 0 unspecified atom stereocenters. The SMILES string of the molecule is Nc1cc(F)cc(CC(F)(F)F)c1[N+](=O)[O-]. The predicted molar refractivity (Wildman–Crippen MR) is 47.2 cm³/mol. The molecule has 4 nitrogen and oxygen atoms in total. The van der Waals surface area contributed by atoms with E-state index in [1.165, 1.54) is 0 Å². The van der Waals surface area contributed by atoms with Crippen molar-refractivity contribution in [1.82, 2.24) is 0 Å². The zero-order valence-electron chi connectivity index (χ0n) is 7.71. The molecule has 8 heteroatoms. The molecule has 0 heterocycles. The van der Waals surface area contributed by atoms with Crippen LogP contribution in [-0.2, 0) is 6.42 Å². The highest BCUT2D eigenvalue weighted by Crippen LogP contribution is 2.32. The molecule has 0 amide bonds. The van der Waals surface area contributed by atoms with Crippen molar-refractivity contribution in [3.05, 3.63) is 33.6 Å². The number of rotatable bonds is 2. The molecule has 1 aromatic carbocycles. The summed E-state index contributed by atoms with van der Waals surface area (Å²) in [4.78, 5) is 9.42. The second-order valence-corrected chi connectivity index (χ2v) is 3.05. The fourth-order valence-electron chi connectivity index (χ4n) is 1.25. The summed E-state index contributed by atoms with van der Waals surface area (Å²) in [5, 5.41) is 10.5. The van der Waals surface area contributed by atoms with Crippen LogP contribution in [0, 0.1) is 15.9 Å². The summed E-state index contributed by atoms with van der Waals surface area (Å²) in [6.07, 6.45) is -6.25. The van der Waals surface area contributed by atoms with Crippen molar-refractivity contribution < 1.29 is 22.5 Å². The smallest absolute Gasteiger partial charge is 0.393 e. The monoisotopic (exact) mass is 238 g/mol. The van der Waals surface area contributed by atoms with E-state index in [0.717, 1.165) is 0 Å². The molecule has 0 fully saturated rings. The molecule has 2 N–H and O–H groups in total. The lowest BCUT2D eigenvalue weighted by molar-refractivity contribution is -0.385. The summed E-state index contributed by atoms with van der Waals surface area (Å²) in [5.74, 6) is -1.04. The molecule has 0 aromatic heterocycles. The van der Waals surface area contributed by atoms with Crippen molar-refractivity contribution >= 4 is 11.4 Å². The zero-order valence-corrected chi connectivity index (χ0v) is 7.71. The molecule has 0 aliphatic heterocycles. The van der Waals surface area contributed by atoms with Gasteiger partial charge in [-0.25, -0.2) is 4.39 Å². The Kier molecular flexibility index (Phi) is 3.02. The number of alkyl halides is 3. The van der Waals surface area contributed by atoms with E-state index in [4.69, 9.17) is 5.73 Å². The lowest BCUT2D eigenvalue weighted by atomic mass is 10.1. The topological polar surface area (TPSA) is 69.2 Å². The van der Waals surface area contributed by atoms with Crippen LogP contribution in [-0.4, -0.2) is 11.1 Å². The summed E-state index contributed by atoms with van der Waals surface area (Å²) in [7, 11) is 0. The number of nitrogens with zero attached hydrogens (tertiary/aromatic N) is 1. The first-order chi connectivity index (χ1) is 7.20. The van der Waals surface area contributed by atoms with Crippen LogP contribution < -0.4 is 5.73 Å². The fraction of sp³-hybridized carbons (Fsp3) is 0.250. The van der Waals surface area contributed by atoms with Crippen molar-refractivity contribution in [3.8, 4) is 0 Å². The Labute approximate surface area is 86.8 Å². The van der Waals surface area contributed by atoms with E-state index >= 15 is 0 Å². The fourth-order valence-corrected chi connectivity index (χ4v) is 1.25. The van der Waals surface area contributed by atoms with E-state index in [2.05, 4.69) is 0 Å². The average molecular weight is 238 g/mol. The van der Waals surface area contributed by atoms with Gasteiger partial charge in [0.2, 0.25) is 0 Å². The first kappa shape index (κ1) is 12.2. The van der Waals surface area contributed by atoms with Crippen molar-refractivity contribution in [1.29, 1.82) is 0 Å². The quantitative estimate of drug-likeness (QED) is 0.372. The normalized spacial score (nSPS) is 11.5. The summed E-state index contributed by atoms with van der Waals surface area (Å²) >= 11 is 0. The van der Waals surface area contributed by atoms with Gasteiger partial charge < -0.3 is 5.73 Å². The minimum Gasteiger partial charge on any atom is -0.393 e. The molecule has 88 valence electrons. The van der Waals surface area contributed by atoms with Gasteiger partial charge in [0.15, 0.2) is 0 Å². The minimum absolute atomic E-state index is 0.460. The van der Waals surface area contributed by atoms with Crippen molar-refractivity contribution in [2.75, 3.05) is 5.73 Å². The molecule has 1 aromatic rings. The molecule has 0 radical (unpaired) electrons. The second-order valence-electron chi connectivity index (χ2n) is 3.05. The molecule has 0 aliphatic rings. The number of anilines is 1. The van der Waals surface area contributed by atoms with E-state index in [0.29, 0.717) is 12.1 Å². The number of nitro groups is 1. The lowest BCUT2D eigenvalue weighted by Crippen LogP contribution is -2.14. The van der Waals surface area contributed by atoms with E-state index in [1.807, 2.05) is 0 Å². The highest BCUT2D eigenvalue weighted by atomic mass is 19.4. The predicted octanol–water partition coefficient (Wildman–Crippen LogP) is 2.42. The Morgan fingerprint density at radius 3 is 2.38 bits per heavy atom. The van der Waals surface area contributed by atoms with E-state index in [-0.39, 0.29) is 0 Å². The van der Waals surface area contributed by atoms with Gasteiger partial charge in [-0.1, -0.05) is 0 Å². The third-order valence-corrected chi connectivity index (χ3v) is 1.76. The minimum atomic E-state index is -4.66. The van der Waals surface area contributed by atoms with Gasteiger partial charge >= 0.3 is 6.18 Å². The molecule has 0 aliphatic carbocycles. The van der Waals surface area contributed by atoms with E-state index in [9.17, 15) is 27.7 Å². The third kappa shape index (κ3) is 2.81. The zero-order chi connectivity index (χ0) is 12.5. The maximum Gasteiger partial charge on any atom is 0.393 e. The van der Waals surface area contributed by atoms with Crippen molar-refractivity contribution in [2.24, 2.45) is 0 Å². The van der Waals surface area contributed by atoms with Crippen LogP contribution in [0.2, 0.25) is 0 Å². The number of nitrogens with two attached hydrogens (primary N) is 1. The number of benzene rings is 1.